The third-order valence-corrected chi connectivity index (χ3v) is 8.11. The van der Waals surface area contributed by atoms with E-state index in [0.29, 0.717) is 23.5 Å². The first-order chi connectivity index (χ1) is 19.7. The number of likely N-dealkylation sites (N-methyl/N-ethyl adjacent to an activating group) is 1. The largest absolute Gasteiger partial charge is 0.416 e. The summed E-state index contributed by atoms with van der Waals surface area (Å²) < 4.78 is 44.2. The number of fused-ring (bicyclic) bond motifs is 3. The summed E-state index contributed by atoms with van der Waals surface area (Å²) in [5, 5.41) is 5.87. The number of aliphatic imine (C=N–C) groups is 1. The summed E-state index contributed by atoms with van der Waals surface area (Å²) in [5.74, 6) is 3.30. The summed E-state index contributed by atoms with van der Waals surface area (Å²) in [5.41, 5.74) is 2.34. The van der Waals surface area contributed by atoms with Gasteiger partial charge in [-0.05, 0) is 74.2 Å². The van der Waals surface area contributed by atoms with Gasteiger partial charge in [-0.25, -0.2) is 4.99 Å². The molecule has 2 unspecified atom stereocenters. The number of piperazine rings is 1. The van der Waals surface area contributed by atoms with Gasteiger partial charge in [-0.3, -0.25) is 14.3 Å². The lowest BCUT2D eigenvalue weighted by atomic mass is 10.0. The van der Waals surface area contributed by atoms with Crippen molar-refractivity contribution in [3.63, 3.8) is 0 Å². The molecule has 212 valence electrons. The Balaban J connectivity index is 1.21. The predicted octanol–water partition coefficient (Wildman–Crippen LogP) is 5.33. The van der Waals surface area contributed by atoms with Crippen LogP contribution in [0.25, 0.3) is 0 Å². The number of aromatic nitrogens is 1. The maximum Gasteiger partial charge on any atom is 0.416 e. The van der Waals surface area contributed by atoms with E-state index < -0.39 is 17.6 Å². The van der Waals surface area contributed by atoms with Gasteiger partial charge in [0.1, 0.15) is 0 Å². The molecule has 3 aliphatic rings. The Kier molecular flexibility index (Phi) is 7.09. The number of halogens is 3. The van der Waals surface area contributed by atoms with Crippen molar-refractivity contribution in [3.05, 3.63) is 76.5 Å². The Labute approximate surface area is 237 Å². The molecular weight excluding hydrogens is 529 g/mol. The molecule has 6 rings (SSSR count). The van der Waals surface area contributed by atoms with Gasteiger partial charge in [0.2, 0.25) is 0 Å². The Morgan fingerprint density at radius 2 is 1.90 bits per heavy atom. The Morgan fingerprint density at radius 1 is 1.12 bits per heavy atom. The molecule has 0 spiro atoms. The third kappa shape index (κ3) is 5.60. The van der Waals surface area contributed by atoms with Crippen molar-refractivity contribution in [2.75, 3.05) is 37.3 Å². The molecule has 7 nitrogen and oxygen atoms in total. The molecule has 10 heteroatoms. The summed E-state index contributed by atoms with van der Waals surface area (Å²) in [7, 11) is 2.06. The predicted molar refractivity (Wildman–Crippen MR) is 154 cm³/mol. The van der Waals surface area contributed by atoms with Crippen LogP contribution in [0, 0.1) is 18.9 Å². The number of carbonyl (C=O) groups excluding carboxylic acids is 1. The summed E-state index contributed by atoms with van der Waals surface area (Å²) in [6, 6.07) is 14.7. The Morgan fingerprint density at radius 3 is 2.66 bits per heavy atom. The molecule has 2 bridgehead atoms. The summed E-state index contributed by atoms with van der Waals surface area (Å²) in [6.45, 7) is 4.53. The van der Waals surface area contributed by atoms with Crippen molar-refractivity contribution in [1.82, 2.24) is 14.4 Å². The molecule has 3 aliphatic heterocycles. The zero-order valence-corrected chi connectivity index (χ0v) is 22.9. The number of carbonyl (C=O) groups is 1. The number of aryl methyl sites for hydroxylation is 1. The molecule has 41 heavy (non-hydrogen) atoms. The van der Waals surface area contributed by atoms with Gasteiger partial charge in [-0.2, -0.15) is 13.2 Å². The molecule has 2 N–H and O–H groups in total. The van der Waals surface area contributed by atoms with Crippen molar-refractivity contribution in [1.29, 1.82) is 0 Å². The summed E-state index contributed by atoms with van der Waals surface area (Å²) >= 11 is 0. The minimum absolute atomic E-state index is 0.102. The molecule has 1 amide bonds. The SMILES string of the molecule is Cc1ccc(C(=O)Nc2ccc(CN3C4CCC3CN(C)C4)c(C(F)(F)F)c2)cc1C#Cn1ccc2c1N=CCN2. The molecule has 3 aromatic rings. The van der Waals surface area contributed by atoms with Gasteiger partial charge in [-0.15, -0.1) is 0 Å². The number of hydrogen-bond donors (Lipinski definition) is 2. The average molecular weight is 561 g/mol. The molecule has 1 aromatic heterocycles. The molecule has 0 saturated carbocycles. The lowest BCUT2D eigenvalue weighted by molar-refractivity contribution is -0.138. The van der Waals surface area contributed by atoms with Crippen molar-refractivity contribution >= 4 is 29.3 Å². The van der Waals surface area contributed by atoms with Gasteiger partial charge in [-0.1, -0.05) is 12.1 Å². The number of rotatable bonds is 4. The lowest BCUT2D eigenvalue weighted by Crippen LogP contribution is -2.51. The van der Waals surface area contributed by atoms with E-state index >= 15 is 0 Å². The number of hydrogen-bond acceptors (Lipinski definition) is 5. The van der Waals surface area contributed by atoms with E-state index in [4.69, 9.17) is 0 Å². The summed E-state index contributed by atoms with van der Waals surface area (Å²) in [4.78, 5) is 22.0. The molecule has 2 fully saturated rings. The fourth-order valence-corrected chi connectivity index (χ4v) is 6.01. The standard InChI is InChI=1S/C31H31F3N6O/c1-20-3-4-22(15-21(20)9-13-39-14-10-28-29(39)36-12-11-35-28)30(41)37-24-6-5-23(27(16-24)31(32,33)34)17-40-25-7-8-26(40)19-38(2)18-25/h3-6,10,12,14-16,25-26,35H,7-8,11,17-19H2,1-2H3,(H,37,41). The zero-order chi connectivity index (χ0) is 28.7. The molecule has 2 atom stereocenters. The highest BCUT2D eigenvalue weighted by molar-refractivity contribution is 6.04. The van der Waals surface area contributed by atoms with Crippen LogP contribution in [0.15, 0.2) is 53.7 Å². The van der Waals surface area contributed by atoms with E-state index in [2.05, 4.69) is 44.4 Å². The smallest absolute Gasteiger partial charge is 0.377 e. The maximum atomic E-state index is 14.1. The second kappa shape index (κ2) is 10.7. The first-order valence-corrected chi connectivity index (χ1v) is 13.7. The van der Waals surface area contributed by atoms with Gasteiger partial charge >= 0.3 is 6.18 Å². The molecular formula is C31H31F3N6O. The van der Waals surface area contributed by atoms with E-state index in [1.807, 2.05) is 19.2 Å². The monoisotopic (exact) mass is 560 g/mol. The molecule has 0 radical (unpaired) electrons. The summed E-state index contributed by atoms with van der Waals surface area (Å²) in [6.07, 6.45) is 1.06. The van der Waals surface area contributed by atoms with Gasteiger partial charge in [0.15, 0.2) is 5.82 Å². The Hall–Kier alpha value is -4.07. The van der Waals surface area contributed by atoms with Crippen LogP contribution in [0.1, 0.15) is 45.5 Å². The number of anilines is 2. The van der Waals surface area contributed by atoms with Crippen LogP contribution in [0.5, 0.6) is 0 Å². The van der Waals surface area contributed by atoms with Gasteiger partial charge in [0.25, 0.3) is 5.91 Å². The number of amides is 1. The number of likely N-dealkylation sites (tertiary alicyclic amines) is 1. The number of benzene rings is 2. The normalized spacial score (nSPS) is 20.2. The molecule has 0 aliphatic carbocycles. The zero-order valence-electron chi connectivity index (χ0n) is 22.9. The fourth-order valence-electron chi connectivity index (χ4n) is 6.01. The first kappa shape index (κ1) is 27.1. The topological polar surface area (TPSA) is 64.9 Å². The van der Waals surface area contributed by atoms with Gasteiger partial charge in [0.05, 0.1) is 17.8 Å². The van der Waals surface area contributed by atoms with Crippen molar-refractivity contribution in [3.8, 4) is 12.0 Å². The maximum absolute atomic E-state index is 14.1. The molecule has 4 heterocycles. The minimum atomic E-state index is -4.54. The van der Waals surface area contributed by atoms with Crippen LogP contribution < -0.4 is 10.6 Å². The van der Waals surface area contributed by atoms with E-state index in [-0.39, 0.29) is 29.9 Å². The number of nitrogens with zero attached hydrogens (tertiary/aromatic N) is 4. The quantitative estimate of drug-likeness (QED) is 0.424. The highest BCUT2D eigenvalue weighted by Crippen LogP contribution is 2.37. The van der Waals surface area contributed by atoms with Crippen molar-refractivity contribution in [2.45, 2.75) is 44.6 Å². The van der Waals surface area contributed by atoms with E-state index in [0.717, 1.165) is 43.2 Å². The van der Waals surface area contributed by atoms with Crippen LogP contribution in [-0.4, -0.2) is 65.3 Å². The fraction of sp³-hybridized carbons (Fsp3) is 0.355. The van der Waals surface area contributed by atoms with E-state index in [9.17, 15) is 18.0 Å². The van der Waals surface area contributed by atoms with E-state index in [1.165, 1.54) is 6.07 Å². The third-order valence-electron chi connectivity index (χ3n) is 8.11. The highest BCUT2D eigenvalue weighted by atomic mass is 19.4. The van der Waals surface area contributed by atoms with Crippen LogP contribution in [0.3, 0.4) is 0 Å². The van der Waals surface area contributed by atoms with Crippen LogP contribution in [-0.2, 0) is 12.7 Å². The average Bonchev–Trinajstić information content (AvgIpc) is 3.45. The number of alkyl halides is 3. The van der Waals surface area contributed by atoms with Crippen LogP contribution in [0.2, 0.25) is 0 Å². The van der Waals surface area contributed by atoms with Crippen LogP contribution >= 0.6 is 0 Å². The van der Waals surface area contributed by atoms with E-state index in [1.54, 1.807) is 35.0 Å². The number of nitrogens with one attached hydrogen (secondary N) is 2. The lowest BCUT2D eigenvalue weighted by Gasteiger charge is -2.39. The van der Waals surface area contributed by atoms with Crippen molar-refractivity contribution < 1.29 is 18.0 Å². The second-order valence-corrected chi connectivity index (χ2v) is 11.0. The van der Waals surface area contributed by atoms with Crippen molar-refractivity contribution in [2.24, 2.45) is 4.99 Å². The molecule has 2 aromatic carbocycles. The highest BCUT2D eigenvalue weighted by Gasteiger charge is 2.40. The first-order valence-electron chi connectivity index (χ1n) is 13.7. The Bertz CT molecular complexity index is 1570. The second-order valence-electron chi connectivity index (χ2n) is 11.0. The van der Waals surface area contributed by atoms with Gasteiger partial charge in [0, 0.05) is 67.0 Å². The molecule has 2 saturated heterocycles. The van der Waals surface area contributed by atoms with Gasteiger partial charge < -0.3 is 15.5 Å². The van der Waals surface area contributed by atoms with Crippen LogP contribution in [0.4, 0.5) is 30.4 Å². The minimum Gasteiger partial charge on any atom is -0.377 e.